The lowest BCUT2D eigenvalue weighted by molar-refractivity contribution is -0.157. The number of carbonyl (C=O) groups excluding carboxylic acids is 10. The molecule has 0 radical (unpaired) electrons. The van der Waals surface area contributed by atoms with Gasteiger partial charge in [0.15, 0.2) is 57.5 Å². The number of likely N-dealkylation sites (N-methyl/N-ethyl adjacent to an activating group) is 5. The maximum atomic E-state index is 13.8. The largest absolute Gasteiger partial charge is 0.454 e. The molecule has 0 bridgehead atoms. The standard InChI is InChI=1S/5C22H19N3O4/c5*1-24-10-19(26)25-16(22(24)27)9-14-13-4-2-3-5-15(13)23-20(14)21(25)12-6-7-17-18(8-12)29-11-28-17/h5*2-8,16,21,23H,9-11H2,1H3/t5*16-,21-/m11111/s1/i2D,3D,4D,5D,6D,7D,8D,10D2,11D2,21D;1D3,2D,3D,4D,5D,10D2,11D2,21D;1D3,2D,3D,4D,5D,10D2,21D;1D3,10D2,11D2,21D;1D3,10D2,21D. The fourth-order valence-corrected chi connectivity index (χ4v) is 20.3. The number of piperazine rings is 5. The zero-order chi connectivity index (χ0) is 140. The van der Waals surface area contributed by atoms with Crippen LogP contribution in [0, 0.1) is 0 Å². The van der Waals surface area contributed by atoms with Gasteiger partial charge >= 0.3 is 0 Å². The molecule has 145 heavy (non-hydrogen) atoms. The summed E-state index contributed by atoms with van der Waals surface area (Å²) >= 11 is 0. The third-order valence-electron chi connectivity index (χ3n) is 26.6. The van der Waals surface area contributed by atoms with Crippen LogP contribution in [-0.2, 0) is 80.0 Å². The van der Waals surface area contributed by atoms with E-state index in [1.54, 1.807) is 54.6 Å². The molecular formula is C110H95N15O20. The van der Waals surface area contributed by atoms with Crippen molar-refractivity contribution in [2.24, 2.45) is 0 Å². The van der Waals surface area contributed by atoms with E-state index in [-0.39, 0.29) is 169 Å². The Hall–Kier alpha value is -17.4. The second kappa shape index (κ2) is 33.9. The average molecular weight is 2000 g/mol. The highest BCUT2D eigenvalue weighted by Gasteiger charge is 2.55. The molecule has 15 aliphatic heterocycles. The van der Waals surface area contributed by atoms with E-state index in [0.717, 1.165) is 28.3 Å². The minimum absolute atomic E-state index is 0.00131. The monoisotopic (exact) mass is 1990 g/mol. The van der Waals surface area contributed by atoms with Crippen molar-refractivity contribution in [3.63, 3.8) is 0 Å². The van der Waals surface area contributed by atoms with Gasteiger partial charge in [0.05, 0.1) is 104 Å². The van der Waals surface area contributed by atoms with Crippen LogP contribution in [0.2, 0.25) is 0 Å². The van der Waals surface area contributed by atoms with E-state index in [9.17, 15) is 54.8 Å². The molecule has 5 saturated heterocycles. The van der Waals surface area contributed by atoms with E-state index in [1.165, 1.54) is 54.6 Å². The van der Waals surface area contributed by atoms with Gasteiger partial charge < -0.3 is 121 Å². The summed E-state index contributed by atoms with van der Waals surface area (Å²) in [7, 11) is 1.05. The molecule has 10 amide bonds. The van der Waals surface area contributed by atoms with E-state index in [0.29, 0.717) is 70.1 Å². The number of nitrogens with zero attached hydrogens (tertiary/aromatic N) is 10. The van der Waals surface area contributed by atoms with Gasteiger partial charge in [0, 0.05) is 166 Å². The molecule has 730 valence electrons. The Labute approximate surface area is 894 Å². The van der Waals surface area contributed by atoms with Crippen LogP contribution in [0.25, 0.3) is 54.5 Å². The lowest BCUT2D eigenvalue weighted by Gasteiger charge is -2.46. The number of hydrogen-bond donors (Lipinski definition) is 5. The Kier molecular flexibility index (Phi) is 11.9. The molecule has 20 heterocycles. The van der Waals surface area contributed by atoms with Gasteiger partial charge in [0.2, 0.25) is 92.9 Å². The summed E-state index contributed by atoms with van der Waals surface area (Å²) in [5.74, 6) is -12.9. The SMILES string of the molecule is [2H]C([2H])([2H])N1C(=O)[C@H]2Cc3c([nH]c4ccccc34)[C@@]([2H])(c3ccc4c(c3)OCO4)N2C(=O)C1([2H])[2H].[2H]C1([2H])Oc2ccc([C@]3([2H])c4[nH]c5ccccc5c4C[C@@H]4C(=O)N(C([2H])([2H])[2H])C([2H])([2H])C(=O)N43)cc2O1.[2H]c1c([2H])c([2H])c2c3c([nH]c2c1[2H])[C@@]([2H])(c1ccc2c(c1)OC([2H])([2H])O2)N1C(=O)C([2H])([2H])N(C([2H])([2H])[2H])C(=O)[C@H]1C3.[2H]c1c([2H])c([2H])c2c3c([nH]c2c1[2H])[C@@]([2H])(c1ccc2c(c1)OCO2)N1C(=O)C([2H])([2H])N(C([2H])([2H])[2H])C(=O)[C@H]1C3.[2H]c1c([2H])c([C@]2([2H])c3[nH]c4c([2H])c([2H])c([2H])c([2H])c4c3C[C@@H]3C(=O)N(C)C([2H])([2H])C(=O)N32)c([2H])c2c1OC([2H])([2H])O2. The van der Waals surface area contributed by atoms with Gasteiger partial charge in [-0.2, -0.15) is 0 Å². The summed E-state index contributed by atoms with van der Waals surface area (Å²) in [6.07, 6.45) is -1.52. The Morgan fingerprint density at radius 1 is 0.283 bits per heavy atom. The Balaban J connectivity index is 0.000000114. The number of carbonyl (C=O) groups is 10. The van der Waals surface area contributed by atoms with Crippen LogP contribution >= 0.6 is 0 Å². The van der Waals surface area contributed by atoms with Crippen molar-refractivity contribution < 1.29 is 161 Å². The van der Waals surface area contributed by atoms with Crippen LogP contribution in [0.1, 0.15) is 180 Å². The third kappa shape index (κ3) is 14.2. The third-order valence-corrected chi connectivity index (χ3v) is 26.6. The van der Waals surface area contributed by atoms with Gasteiger partial charge in [-0.3, -0.25) is 47.9 Å². The molecule has 35 nitrogen and oxygen atoms in total. The minimum Gasteiger partial charge on any atom is -0.454 e. The molecule has 15 aromatic rings. The first-order chi connectivity index (χ1) is 89.4. The summed E-state index contributed by atoms with van der Waals surface area (Å²) < 4.78 is 449. The van der Waals surface area contributed by atoms with Gasteiger partial charge in [-0.15, -0.1) is 0 Å². The fraction of sp³-hybridized carbons (Fsp3) is 0.273. The van der Waals surface area contributed by atoms with Crippen molar-refractivity contribution >= 4 is 114 Å². The summed E-state index contributed by atoms with van der Waals surface area (Å²) in [4.78, 5) is 155. The molecule has 30 rings (SSSR count). The van der Waals surface area contributed by atoms with Crippen molar-refractivity contribution in [3.8, 4) is 57.5 Å². The highest BCUT2D eigenvalue weighted by Crippen LogP contribution is 2.53. The van der Waals surface area contributed by atoms with Gasteiger partial charge in [0.25, 0.3) is 0 Å². The molecular weight excluding hydrogens is 1850 g/mol. The number of aromatic amines is 5. The Morgan fingerprint density at radius 3 is 0.903 bits per heavy atom. The predicted molar refractivity (Wildman–Crippen MR) is 523 cm³/mol. The molecule has 0 spiro atoms. The van der Waals surface area contributed by atoms with Crippen molar-refractivity contribution in [3.05, 3.63) is 296 Å². The summed E-state index contributed by atoms with van der Waals surface area (Å²) in [5.41, 5.74) is 1.43. The van der Waals surface area contributed by atoms with E-state index >= 15 is 0 Å². The van der Waals surface area contributed by atoms with Gasteiger partial charge in [-0.1, -0.05) is 121 Å². The highest BCUT2D eigenvalue weighted by atomic mass is 16.7. The lowest BCUT2D eigenvalue weighted by Crippen LogP contribution is -2.62. The number of fused-ring (bicyclic) bond motifs is 25. The van der Waals surface area contributed by atoms with Crippen LogP contribution in [0.4, 0.5) is 0 Å². The van der Waals surface area contributed by atoms with E-state index in [2.05, 4.69) is 24.9 Å². The topological polar surface area (TPSA) is 374 Å². The number of aromatic nitrogens is 5. The Morgan fingerprint density at radius 2 is 0.552 bits per heavy atom. The first-order valence-corrected chi connectivity index (χ1v) is 44.2. The lowest BCUT2D eigenvalue weighted by atomic mass is 9.86. The smallest absolute Gasteiger partial charge is 0.245 e. The van der Waals surface area contributed by atoms with E-state index in [1.807, 2.05) is 6.07 Å². The highest BCUT2D eigenvalue weighted by molar-refractivity contribution is 6.03. The van der Waals surface area contributed by atoms with E-state index < -0.39 is 327 Å². The molecule has 15 aliphatic rings. The number of para-hydroxylation sites is 5. The molecule has 5 N–H and O–H groups in total. The van der Waals surface area contributed by atoms with Crippen LogP contribution in [0.5, 0.6) is 57.5 Å². The normalized spacial score (nSPS) is 33.3. The number of H-pyrrole nitrogens is 5. The quantitative estimate of drug-likeness (QED) is 0.107. The fourth-order valence-electron chi connectivity index (χ4n) is 20.3. The number of benzene rings is 10. The molecule has 0 aliphatic carbocycles. The van der Waals surface area contributed by atoms with Crippen LogP contribution in [0.15, 0.2) is 212 Å². The number of nitrogens with one attached hydrogen (secondary N) is 5. The Bertz CT molecular complexity index is 10700. The number of hydrogen-bond acceptors (Lipinski definition) is 20. The summed E-state index contributed by atoms with van der Waals surface area (Å²) in [5, 5.41) is 1.21. The zero-order valence-electron chi connectivity index (χ0n) is 122. The number of amides is 10. The van der Waals surface area contributed by atoms with Gasteiger partial charge in [0.1, 0.15) is 38.4 Å². The van der Waals surface area contributed by atoms with Crippen LogP contribution in [0.3, 0.4) is 0 Å². The average Bonchev–Trinajstić information content (AvgIpc) is 1.58. The van der Waals surface area contributed by atoms with E-state index in [4.69, 9.17) is 106 Å². The molecule has 10 aromatic carbocycles. The van der Waals surface area contributed by atoms with Gasteiger partial charge in [-0.25, -0.2) is 0 Å². The van der Waals surface area contributed by atoms with Gasteiger partial charge in [-0.05, 0) is 147 Å². The molecule has 0 unspecified atom stereocenters. The summed E-state index contributed by atoms with van der Waals surface area (Å²) in [6, 6.07) is 1.90. The van der Waals surface area contributed by atoms with Crippen molar-refractivity contribution in [2.45, 2.75) is 92.4 Å². The van der Waals surface area contributed by atoms with Crippen LogP contribution in [-0.4, -0.2) is 264 Å². The number of ether oxygens (including phenoxy) is 10. The predicted octanol–water partition coefficient (Wildman–Crippen LogP) is 11.1. The second-order valence-corrected chi connectivity index (χ2v) is 34.3. The molecule has 5 fully saturated rings. The maximum absolute atomic E-state index is 13.8. The van der Waals surface area contributed by atoms with Crippen LogP contribution < -0.4 is 47.4 Å². The summed E-state index contributed by atoms with van der Waals surface area (Å²) in [6.45, 7) is -37.3. The van der Waals surface area contributed by atoms with Crippen molar-refractivity contribution in [1.29, 1.82) is 0 Å². The number of rotatable bonds is 5. The van der Waals surface area contributed by atoms with Crippen molar-refractivity contribution in [2.75, 3.05) is 101 Å². The van der Waals surface area contributed by atoms with Crippen molar-refractivity contribution in [1.82, 2.24) is 73.9 Å². The molecule has 35 heteroatoms. The molecule has 0 saturated carbocycles. The second-order valence-electron chi connectivity index (χ2n) is 34.3. The first-order valence-electron chi connectivity index (χ1n) is 68.2. The molecule has 5 aromatic heterocycles. The molecule has 10 atom stereocenters. The minimum atomic E-state index is -3.41. The maximum Gasteiger partial charge on any atom is 0.245 e. The zero-order valence-corrected chi connectivity index (χ0v) is 74.0. The first kappa shape index (κ1) is 50.8.